The van der Waals surface area contributed by atoms with Crippen LogP contribution in [0.4, 0.5) is 0 Å². The van der Waals surface area contributed by atoms with Crippen LogP contribution in [0.3, 0.4) is 0 Å². The number of carbonyl (C=O) groups is 1. The lowest BCUT2D eigenvalue weighted by molar-refractivity contribution is -0.117. The molecule has 1 nitrogen and oxygen atoms in total. The van der Waals surface area contributed by atoms with Gasteiger partial charge in [-0.2, -0.15) is 0 Å². The molecule has 0 heterocycles. The Labute approximate surface area is 119 Å². The summed E-state index contributed by atoms with van der Waals surface area (Å²) < 4.78 is 0. The number of carbonyl (C=O) groups excluding carboxylic acids is 1. The second-order valence-corrected chi connectivity index (χ2v) is 5.71. The number of hydrogen-bond donors (Lipinski definition) is 0. The van der Waals surface area contributed by atoms with Gasteiger partial charge in [0.2, 0.25) is 0 Å². The first-order valence-corrected chi connectivity index (χ1v) is 7.36. The lowest BCUT2D eigenvalue weighted by atomic mass is 10.1. The normalized spacial score (nSPS) is 12.5. The van der Waals surface area contributed by atoms with Crippen molar-refractivity contribution in [2.75, 3.05) is 0 Å². The number of allylic oxidation sites excluding steroid dienone is 6. The summed E-state index contributed by atoms with van der Waals surface area (Å²) in [4.78, 5) is 10.8. The molecule has 0 aliphatic heterocycles. The Morgan fingerprint density at radius 2 is 1.37 bits per heavy atom. The first-order chi connectivity index (χ1) is 8.91. The maximum Gasteiger partial charge on any atom is 0.129 e. The number of Topliss-reactive ketones (excluding diaryl/α,β-unsaturated/α-hetero) is 1. The van der Waals surface area contributed by atoms with E-state index in [9.17, 15) is 4.79 Å². The molecular weight excluding hydrogens is 232 g/mol. The smallest absolute Gasteiger partial charge is 0.129 e. The Morgan fingerprint density at radius 3 is 1.89 bits per heavy atom. The van der Waals surface area contributed by atoms with E-state index in [1.165, 1.54) is 16.7 Å². The Hall–Kier alpha value is -1.11. The third-order valence-corrected chi connectivity index (χ3v) is 3.12. The van der Waals surface area contributed by atoms with Crippen LogP contribution in [0.5, 0.6) is 0 Å². The Bertz CT molecular complexity index is 352. The highest BCUT2D eigenvalue weighted by Crippen LogP contribution is 2.11. The Balaban J connectivity index is 3.90. The van der Waals surface area contributed by atoms with Gasteiger partial charge in [0.25, 0.3) is 0 Å². The standard InChI is InChI=1S/C18H30O/c1-15(2)9-6-10-16(3)11-7-12-17(4)13-8-14-18(5)19/h9,11-12H,6-8,10,13-14H2,1-5H3/b16-11-,17-12-. The van der Waals surface area contributed by atoms with E-state index < -0.39 is 0 Å². The number of hydrogen-bond acceptors (Lipinski definition) is 1. The highest BCUT2D eigenvalue weighted by molar-refractivity contribution is 5.75. The van der Waals surface area contributed by atoms with Gasteiger partial charge in [-0.3, -0.25) is 0 Å². The van der Waals surface area contributed by atoms with Crippen LogP contribution in [-0.4, -0.2) is 5.78 Å². The molecule has 0 rings (SSSR count). The summed E-state index contributed by atoms with van der Waals surface area (Å²) in [6, 6.07) is 0. The van der Waals surface area contributed by atoms with Crippen LogP contribution in [-0.2, 0) is 4.79 Å². The predicted octanol–water partition coefficient (Wildman–Crippen LogP) is 5.77. The average molecular weight is 262 g/mol. The largest absolute Gasteiger partial charge is 0.300 e. The molecule has 0 aromatic carbocycles. The average Bonchev–Trinajstić information content (AvgIpc) is 2.27. The molecule has 0 atom stereocenters. The van der Waals surface area contributed by atoms with Crippen molar-refractivity contribution < 1.29 is 4.79 Å². The SMILES string of the molecule is CC(=O)CCC/C(C)=C\C/C=C(/C)CCC=C(C)C. The third kappa shape index (κ3) is 13.1. The lowest BCUT2D eigenvalue weighted by Crippen LogP contribution is -1.89. The van der Waals surface area contributed by atoms with Crippen LogP contribution >= 0.6 is 0 Å². The molecule has 108 valence electrons. The van der Waals surface area contributed by atoms with Crippen molar-refractivity contribution in [3.8, 4) is 0 Å². The van der Waals surface area contributed by atoms with Crippen molar-refractivity contribution in [2.45, 2.75) is 73.1 Å². The molecule has 0 aliphatic carbocycles. The molecule has 0 fully saturated rings. The molecule has 0 saturated carbocycles. The molecule has 0 N–H and O–H groups in total. The lowest BCUT2D eigenvalue weighted by Gasteiger charge is -2.00. The topological polar surface area (TPSA) is 17.1 Å². The molecule has 0 amide bonds. The van der Waals surface area contributed by atoms with Gasteiger partial charge in [0, 0.05) is 6.42 Å². The second-order valence-electron chi connectivity index (χ2n) is 5.71. The fourth-order valence-corrected chi connectivity index (χ4v) is 1.87. The molecule has 1 heteroatoms. The minimum Gasteiger partial charge on any atom is -0.300 e. The first kappa shape index (κ1) is 17.9. The van der Waals surface area contributed by atoms with Crippen LogP contribution in [0.15, 0.2) is 34.9 Å². The van der Waals surface area contributed by atoms with Crippen LogP contribution < -0.4 is 0 Å². The van der Waals surface area contributed by atoms with Gasteiger partial charge in [0.15, 0.2) is 0 Å². The second kappa shape index (κ2) is 10.8. The summed E-state index contributed by atoms with van der Waals surface area (Å²) in [5.74, 6) is 0.294. The zero-order valence-electron chi connectivity index (χ0n) is 13.4. The molecule has 0 saturated heterocycles. The summed E-state index contributed by atoms with van der Waals surface area (Å²) in [5.41, 5.74) is 4.26. The third-order valence-electron chi connectivity index (χ3n) is 3.12. The van der Waals surface area contributed by atoms with Crippen molar-refractivity contribution in [3.63, 3.8) is 0 Å². The summed E-state index contributed by atoms with van der Waals surface area (Å²) >= 11 is 0. The highest BCUT2D eigenvalue weighted by atomic mass is 16.1. The zero-order chi connectivity index (χ0) is 14.7. The zero-order valence-corrected chi connectivity index (χ0v) is 13.4. The fourth-order valence-electron chi connectivity index (χ4n) is 1.87. The van der Waals surface area contributed by atoms with Crippen molar-refractivity contribution in [1.82, 2.24) is 0 Å². The molecule has 0 spiro atoms. The van der Waals surface area contributed by atoms with Gasteiger partial charge in [-0.05, 0) is 66.7 Å². The monoisotopic (exact) mass is 262 g/mol. The van der Waals surface area contributed by atoms with E-state index in [0.717, 1.165) is 32.1 Å². The van der Waals surface area contributed by atoms with E-state index in [1.54, 1.807) is 6.92 Å². The predicted molar refractivity (Wildman–Crippen MR) is 85.3 cm³/mol. The maximum absolute atomic E-state index is 10.8. The van der Waals surface area contributed by atoms with Gasteiger partial charge < -0.3 is 4.79 Å². The molecule has 0 radical (unpaired) electrons. The van der Waals surface area contributed by atoms with E-state index >= 15 is 0 Å². The summed E-state index contributed by atoms with van der Waals surface area (Å²) in [6.45, 7) is 10.3. The van der Waals surface area contributed by atoms with Crippen molar-refractivity contribution >= 4 is 5.78 Å². The molecule has 0 aliphatic rings. The summed E-state index contributed by atoms with van der Waals surface area (Å²) in [6.07, 6.45) is 13.0. The molecule has 0 unspecified atom stereocenters. The number of rotatable bonds is 9. The van der Waals surface area contributed by atoms with E-state index in [2.05, 4.69) is 45.9 Å². The van der Waals surface area contributed by atoms with Crippen molar-refractivity contribution in [3.05, 3.63) is 34.9 Å². The van der Waals surface area contributed by atoms with Gasteiger partial charge in [0.1, 0.15) is 5.78 Å². The summed E-state index contributed by atoms with van der Waals surface area (Å²) in [7, 11) is 0. The van der Waals surface area contributed by atoms with Gasteiger partial charge in [-0.25, -0.2) is 0 Å². The quantitative estimate of drug-likeness (QED) is 0.482. The Morgan fingerprint density at radius 1 is 0.789 bits per heavy atom. The minimum absolute atomic E-state index is 0.294. The van der Waals surface area contributed by atoms with E-state index in [-0.39, 0.29) is 0 Å². The molecule has 19 heavy (non-hydrogen) atoms. The summed E-state index contributed by atoms with van der Waals surface area (Å²) in [5, 5.41) is 0. The van der Waals surface area contributed by atoms with Crippen molar-refractivity contribution in [1.29, 1.82) is 0 Å². The van der Waals surface area contributed by atoms with Gasteiger partial charge in [-0.15, -0.1) is 0 Å². The maximum atomic E-state index is 10.8. The van der Waals surface area contributed by atoms with Crippen LogP contribution in [0.2, 0.25) is 0 Å². The van der Waals surface area contributed by atoms with Crippen LogP contribution in [0.25, 0.3) is 0 Å². The highest BCUT2D eigenvalue weighted by Gasteiger charge is 1.94. The fraction of sp³-hybridized carbons (Fsp3) is 0.611. The van der Waals surface area contributed by atoms with Crippen LogP contribution in [0, 0.1) is 0 Å². The van der Waals surface area contributed by atoms with Gasteiger partial charge >= 0.3 is 0 Å². The van der Waals surface area contributed by atoms with Gasteiger partial charge in [0.05, 0.1) is 0 Å². The first-order valence-electron chi connectivity index (χ1n) is 7.36. The van der Waals surface area contributed by atoms with E-state index in [0.29, 0.717) is 12.2 Å². The molecule has 0 aromatic rings. The minimum atomic E-state index is 0.294. The van der Waals surface area contributed by atoms with Crippen LogP contribution in [0.1, 0.15) is 73.1 Å². The molecule has 0 aromatic heterocycles. The van der Waals surface area contributed by atoms with Crippen molar-refractivity contribution in [2.24, 2.45) is 0 Å². The van der Waals surface area contributed by atoms with E-state index in [4.69, 9.17) is 0 Å². The van der Waals surface area contributed by atoms with Gasteiger partial charge in [-0.1, -0.05) is 34.9 Å². The Kier molecular flexibility index (Phi) is 10.1. The van der Waals surface area contributed by atoms with E-state index in [1.807, 2.05) is 0 Å². The molecule has 0 bridgehead atoms. The number of ketones is 1. The molecular formula is C18H30O.